The summed E-state index contributed by atoms with van der Waals surface area (Å²) in [5.41, 5.74) is 1.68. The van der Waals surface area contributed by atoms with Crippen molar-refractivity contribution >= 4 is 23.5 Å². The largest absolute Gasteiger partial charge is 0.337 e. The summed E-state index contributed by atoms with van der Waals surface area (Å²) in [6.45, 7) is 0.668. The highest BCUT2D eigenvalue weighted by Gasteiger charge is 2.34. The number of likely N-dealkylation sites (tertiary alicyclic amines) is 1. The molecule has 4 rings (SSSR count). The van der Waals surface area contributed by atoms with Gasteiger partial charge in [0.1, 0.15) is 6.04 Å². The van der Waals surface area contributed by atoms with Crippen molar-refractivity contribution in [3.63, 3.8) is 0 Å². The molecule has 1 aliphatic rings. The first-order valence-corrected chi connectivity index (χ1v) is 10.1. The Hall–Kier alpha value is -2.80. The molecule has 0 saturated carbocycles. The number of rotatable bonds is 4. The third-order valence-corrected chi connectivity index (χ3v) is 5.32. The van der Waals surface area contributed by atoms with E-state index in [2.05, 4.69) is 15.5 Å². The van der Waals surface area contributed by atoms with Crippen molar-refractivity contribution in [3.05, 3.63) is 60.5 Å². The topological polar surface area (TPSA) is 71.3 Å². The number of carbonyl (C=O) groups excluding carboxylic acids is 1. The Bertz CT molecular complexity index is 928. The molecule has 0 bridgehead atoms. The van der Waals surface area contributed by atoms with Crippen LogP contribution in [0.5, 0.6) is 0 Å². The Morgan fingerprint density at radius 2 is 2.07 bits per heavy atom. The molecular weight excluding hydrogens is 360 g/mol. The van der Waals surface area contributed by atoms with E-state index in [4.69, 9.17) is 4.52 Å². The van der Waals surface area contributed by atoms with Gasteiger partial charge in [0, 0.05) is 22.7 Å². The predicted octanol–water partition coefficient (Wildman–Crippen LogP) is 4.83. The number of nitrogens with zero attached hydrogens (tertiary/aromatic N) is 3. The number of urea groups is 1. The fourth-order valence-electron chi connectivity index (χ4n) is 3.24. The van der Waals surface area contributed by atoms with Crippen LogP contribution in [-0.4, -0.2) is 33.9 Å². The molecule has 0 spiro atoms. The standard InChI is InChI=1S/C20H20N4O2S/c1-27-16-10-5-9-15(13-16)21-20(25)24-12-6-11-17(24)19-22-18(23-26-19)14-7-3-2-4-8-14/h2-5,7-10,13,17H,6,11-12H2,1H3,(H,21,25)/t17-/m1/s1. The second-order valence-electron chi connectivity index (χ2n) is 6.34. The average molecular weight is 380 g/mol. The van der Waals surface area contributed by atoms with Gasteiger partial charge in [0.25, 0.3) is 0 Å². The zero-order valence-corrected chi connectivity index (χ0v) is 15.8. The molecule has 27 heavy (non-hydrogen) atoms. The number of amides is 2. The number of nitrogens with one attached hydrogen (secondary N) is 1. The Labute approximate surface area is 162 Å². The van der Waals surface area contributed by atoms with Crippen molar-refractivity contribution in [2.75, 3.05) is 18.1 Å². The highest BCUT2D eigenvalue weighted by Crippen LogP contribution is 2.32. The summed E-state index contributed by atoms with van der Waals surface area (Å²) in [5, 5.41) is 7.06. The maximum Gasteiger partial charge on any atom is 0.322 e. The van der Waals surface area contributed by atoms with Crippen LogP contribution in [0.3, 0.4) is 0 Å². The molecule has 1 fully saturated rings. The van der Waals surface area contributed by atoms with Crippen LogP contribution in [0.4, 0.5) is 10.5 Å². The molecule has 7 heteroatoms. The van der Waals surface area contributed by atoms with E-state index in [0.29, 0.717) is 18.3 Å². The molecule has 6 nitrogen and oxygen atoms in total. The van der Waals surface area contributed by atoms with Gasteiger partial charge in [-0.3, -0.25) is 0 Å². The van der Waals surface area contributed by atoms with Gasteiger partial charge in [-0.1, -0.05) is 41.6 Å². The highest BCUT2D eigenvalue weighted by atomic mass is 32.2. The number of carbonyl (C=O) groups is 1. The second-order valence-corrected chi connectivity index (χ2v) is 7.22. The van der Waals surface area contributed by atoms with Crippen LogP contribution in [-0.2, 0) is 0 Å². The van der Waals surface area contributed by atoms with Gasteiger partial charge in [-0.05, 0) is 37.3 Å². The first-order chi connectivity index (χ1) is 13.2. The molecule has 1 aliphatic heterocycles. The summed E-state index contributed by atoms with van der Waals surface area (Å²) >= 11 is 1.64. The third kappa shape index (κ3) is 3.83. The van der Waals surface area contributed by atoms with Crippen molar-refractivity contribution < 1.29 is 9.32 Å². The number of benzene rings is 2. The van der Waals surface area contributed by atoms with Gasteiger partial charge in [0.2, 0.25) is 11.7 Å². The van der Waals surface area contributed by atoms with Gasteiger partial charge in [0.15, 0.2) is 0 Å². The number of anilines is 1. The van der Waals surface area contributed by atoms with E-state index in [1.807, 2.05) is 60.9 Å². The lowest BCUT2D eigenvalue weighted by Gasteiger charge is -2.22. The number of hydrogen-bond donors (Lipinski definition) is 1. The van der Waals surface area contributed by atoms with Gasteiger partial charge in [-0.25, -0.2) is 4.79 Å². The van der Waals surface area contributed by atoms with E-state index in [9.17, 15) is 4.79 Å². The number of hydrogen-bond acceptors (Lipinski definition) is 5. The normalized spacial score (nSPS) is 16.5. The van der Waals surface area contributed by atoms with Crippen molar-refractivity contribution in [1.82, 2.24) is 15.0 Å². The zero-order valence-electron chi connectivity index (χ0n) is 15.0. The smallest absolute Gasteiger partial charge is 0.322 e. The van der Waals surface area contributed by atoms with E-state index in [-0.39, 0.29) is 12.1 Å². The van der Waals surface area contributed by atoms with Gasteiger partial charge < -0.3 is 14.7 Å². The summed E-state index contributed by atoms with van der Waals surface area (Å²) in [5.74, 6) is 1.03. The minimum Gasteiger partial charge on any atom is -0.337 e. The van der Waals surface area contributed by atoms with Crippen LogP contribution in [0.1, 0.15) is 24.8 Å². The molecule has 0 aliphatic carbocycles. The predicted molar refractivity (Wildman–Crippen MR) is 106 cm³/mol. The maximum absolute atomic E-state index is 12.8. The molecule has 2 aromatic carbocycles. The van der Waals surface area contributed by atoms with E-state index in [0.717, 1.165) is 29.0 Å². The highest BCUT2D eigenvalue weighted by molar-refractivity contribution is 7.98. The fraction of sp³-hybridized carbons (Fsp3) is 0.250. The molecule has 1 N–H and O–H groups in total. The van der Waals surface area contributed by atoms with E-state index < -0.39 is 0 Å². The van der Waals surface area contributed by atoms with Gasteiger partial charge in [-0.2, -0.15) is 4.98 Å². The average Bonchev–Trinajstić information content (AvgIpc) is 3.38. The Balaban J connectivity index is 1.50. The van der Waals surface area contributed by atoms with E-state index >= 15 is 0 Å². The van der Waals surface area contributed by atoms with Crippen molar-refractivity contribution in [1.29, 1.82) is 0 Å². The second kappa shape index (κ2) is 7.84. The van der Waals surface area contributed by atoms with Gasteiger partial charge >= 0.3 is 6.03 Å². The first-order valence-electron chi connectivity index (χ1n) is 8.85. The number of aromatic nitrogens is 2. The van der Waals surface area contributed by atoms with Crippen LogP contribution >= 0.6 is 11.8 Å². The molecule has 1 aromatic heterocycles. The van der Waals surface area contributed by atoms with Crippen LogP contribution < -0.4 is 5.32 Å². The zero-order chi connectivity index (χ0) is 18.6. The van der Waals surface area contributed by atoms with Crippen LogP contribution in [0, 0.1) is 0 Å². The van der Waals surface area contributed by atoms with Crippen molar-refractivity contribution in [2.24, 2.45) is 0 Å². The van der Waals surface area contributed by atoms with Crippen molar-refractivity contribution in [2.45, 2.75) is 23.8 Å². The SMILES string of the molecule is CSc1cccc(NC(=O)N2CCC[C@@H]2c2nc(-c3ccccc3)no2)c1. The quantitative estimate of drug-likeness (QED) is 0.657. The lowest BCUT2D eigenvalue weighted by atomic mass is 10.2. The van der Waals surface area contributed by atoms with E-state index in [1.54, 1.807) is 16.7 Å². The Kier molecular flexibility index (Phi) is 5.11. The lowest BCUT2D eigenvalue weighted by molar-refractivity contribution is 0.193. The monoisotopic (exact) mass is 380 g/mol. The molecule has 1 atom stereocenters. The first kappa shape index (κ1) is 17.6. The summed E-state index contributed by atoms with van der Waals surface area (Å²) < 4.78 is 5.48. The molecular formula is C20H20N4O2S. The molecule has 1 saturated heterocycles. The third-order valence-electron chi connectivity index (χ3n) is 4.59. The number of thioether (sulfide) groups is 1. The van der Waals surface area contributed by atoms with Crippen molar-refractivity contribution in [3.8, 4) is 11.4 Å². The van der Waals surface area contributed by atoms with Crippen LogP contribution in [0.2, 0.25) is 0 Å². The Morgan fingerprint density at radius 1 is 1.22 bits per heavy atom. The lowest BCUT2D eigenvalue weighted by Crippen LogP contribution is -2.34. The molecule has 0 unspecified atom stereocenters. The summed E-state index contributed by atoms with van der Waals surface area (Å²) in [4.78, 5) is 20.2. The Morgan fingerprint density at radius 3 is 2.89 bits per heavy atom. The van der Waals surface area contributed by atoms with Gasteiger partial charge in [-0.15, -0.1) is 11.8 Å². The molecule has 3 aromatic rings. The van der Waals surface area contributed by atoms with E-state index in [1.165, 1.54) is 0 Å². The minimum atomic E-state index is -0.196. The van der Waals surface area contributed by atoms with Crippen LogP contribution in [0.25, 0.3) is 11.4 Å². The molecule has 138 valence electrons. The van der Waals surface area contributed by atoms with Crippen LogP contribution in [0.15, 0.2) is 64.0 Å². The minimum absolute atomic E-state index is 0.143. The fourth-order valence-corrected chi connectivity index (χ4v) is 3.70. The maximum atomic E-state index is 12.8. The summed E-state index contributed by atoms with van der Waals surface area (Å²) in [6, 6.07) is 17.2. The molecule has 0 radical (unpaired) electrons. The summed E-state index contributed by atoms with van der Waals surface area (Å²) in [7, 11) is 0. The molecule has 2 amide bonds. The molecule has 2 heterocycles. The summed E-state index contributed by atoms with van der Waals surface area (Å²) in [6.07, 6.45) is 3.73. The van der Waals surface area contributed by atoms with Gasteiger partial charge in [0.05, 0.1) is 0 Å².